The second kappa shape index (κ2) is 12.6. The molecule has 0 bridgehead atoms. The summed E-state index contributed by atoms with van der Waals surface area (Å²) < 4.78 is 3.85. The van der Waals surface area contributed by atoms with Gasteiger partial charge in [0.05, 0.1) is 34.6 Å². The molecule has 0 saturated heterocycles. The Balaban J connectivity index is 1.46. The Labute approximate surface area is 248 Å². The quantitative estimate of drug-likeness (QED) is 0.201. The molecule has 2 aromatic heterocycles. The molecule has 0 saturated carbocycles. The normalized spacial score (nSPS) is 14.0. The molecule has 1 aliphatic rings. The van der Waals surface area contributed by atoms with Crippen molar-refractivity contribution in [1.29, 1.82) is 0 Å². The van der Waals surface area contributed by atoms with Crippen LogP contribution in [-0.2, 0) is 18.4 Å². The van der Waals surface area contributed by atoms with Gasteiger partial charge < -0.3 is 35.3 Å². The number of nitrogens with two attached hydrogens (primary N) is 1. The van der Waals surface area contributed by atoms with Crippen LogP contribution in [0.25, 0.3) is 0 Å². The Morgan fingerprint density at radius 1 is 1.12 bits per heavy atom. The van der Waals surface area contributed by atoms with E-state index in [0.717, 1.165) is 22.8 Å². The predicted molar refractivity (Wildman–Crippen MR) is 164 cm³/mol. The van der Waals surface area contributed by atoms with Gasteiger partial charge in [-0.2, -0.15) is 0 Å². The largest absolute Gasteiger partial charge is 0.368 e. The zero-order chi connectivity index (χ0) is 28.9. The number of alkyl halides is 2. The van der Waals surface area contributed by atoms with Gasteiger partial charge in [0.15, 0.2) is 0 Å². The average molecular weight is 596 g/mol. The van der Waals surface area contributed by atoms with E-state index in [2.05, 4.69) is 20.5 Å². The van der Waals surface area contributed by atoms with Crippen LogP contribution in [0.4, 0.5) is 28.4 Å². The number of aromatic nitrogens is 3. The molecule has 0 spiro atoms. The molecule has 10 nitrogen and oxygen atoms in total. The number of anilines is 5. The standard InChI is InChI=1S/C29H32Cl2N8O2/c1-36-18-20(34-27(40)8-12-37-15-11-33-19-37)16-26(36)29-35-23-4-2-3-5-25(23)39(29)21-6-7-24(22(17-21)28(32)41)38(13-9-30)14-10-31/h2-7,11,15-19,29,35H,8-10,12-14H2,1H3,(H2,32,41)(H,34,40). The van der Waals surface area contributed by atoms with Gasteiger partial charge >= 0.3 is 0 Å². The molecule has 1 unspecified atom stereocenters. The number of para-hydroxylation sites is 2. The minimum absolute atomic E-state index is 0.0875. The molecule has 5 rings (SSSR count). The van der Waals surface area contributed by atoms with Crippen LogP contribution in [0.3, 0.4) is 0 Å². The first-order chi connectivity index (χ1) is 19.9. The highest BCUT2D eigenvalue weighted by molar-refractivity contribution is 6.18. The van der Waals surface area contributed by atoms with E-state index in [-0.39, 0.29) is 12.1 Å². The maximum atomic E-state index is 12.7. The second-order valence-electron chi connectivity index (χ2n) is 9.73. The molecule has 2 aromatic carbocycles. The predicted octanol–water partition coefficient (Wildman–Crippen LogP) is 4.90. The highest BCUT2D eigenvalue weighted by Crippen LogP contribution is 2.47. The molecular formula is C29H32Cl2N8O2. The van der Waals surface area contributed by atoms with Crippen molar-refractivity contribution in [2.75, 3.05) is 45.3 Å². The van der Waals surface area contributed by atoms with Crippen molar-refractivity contribution in [3.8, 4) is 0 Å². The summed E-state index contributed by atoms with van der Waals surface area (Å²) in [6.45, 7) is 1.61. The lowest BCUT2D eigenvalue weighted by molar-refractivity contribution is -0.116. The number of amides is 2. The topological polar surface area (TPSA) is 113 Å². The minimum Gasteiger partial charge on any atom is -0.368 e. The highest BCUT2D eigenvalue weighted by atomic mass is 35.5. The number of rotatable bonds is 12. The lowest BCUT2D eigenvalue weighted by Crippen LogP contribution is -2.31. The molecule has 2 amide bonds. The van der Waals surface area contributed by atoms with Gasteiger partial charge in [0, 0.05) is 74.8 Å². The number of aryl methyl sites for hydroxylation is 2. The molecule has 0 aliphatic carbocycles. The fourth-order valence-corrected chi connectivity index (χ4v) is 5.56. The lowest BCUT2D eigenvalue weighted by atomic mass is 10.1. The van der Waals surface area contributed by atoms with E-state index in [1.54, 1.807) is 12.5 Å². The number of hydrogen-bond acceptors (Lipinski definition) is 6. The Morgan fingerprint density at radius 2 is 1.90 bits per heavy atom. The zero-order valence-corrected chi connectivity index (χ0v) is 24.1. The SMILES string of the molecule is Cn1cc(NC(=O)CCn2ccnc2)cc1C1Nc2ccccc2N1c1ccc(N(CCCl)CCCl)c(C(N)=O)c1. The van der Waals surface area contributed by atoms with E-state index in [1.807, 2.05) is 82.0 Å². The molecule has 0 fully saturated rings. The molecule has 214 valence electrons. The number of carbonyl (C=O) groups is 2. The Kier molecular flexibility index (Phi) is 8.70. The van der Waals surface area contributed by atoms with Crippen molar-refractivity contribution in [3.63, 3.8) is 0 Å². The van der Waals surface area contributed by atoms with Gasteiger partial charge in [-0.25, -0.2) is 4.98 Å². The number of hydrogen-bond donors (Lipinski definition) is 3. The van der Waals surface area contributed by atoms with Crippen molar-refractivity contribution in [1.82, 2.24) is 14.1 Å². The minimum atomic E-state index is -0.535. The summed E-state index contributed by atoms with van der Waals surface area (Å²) >= 11 is 12.1. The van der Waals surface area contributed by atoms with Gasteiger partial charge in [-0.05, 0) is 36.4 Å². The van der Waals surface area contributed by atoms with E-state index in [0.29, 0.717) is 54.8 Å². The summed E-state index contributed by atoms with van der Waals surface area (Å²) in [6.07, 6.45) is 7.11. The van der Waals surface area contributed by atoms with Crippen LogP contribution in [0.1, 0.15) is 28.6 Å². The van der Waals surface area contributed by atoms with Gasteiger partial charge in [0.25, 0.3) is 5.91 Å². The first kappa shape index (κ1) is 28.4. The Morgan fingerprint density at radius 3 is 2.61 bits per heavy atom. The van der Waals surface area contributed by atoms with Gasteiger partial charge in [0.1, 0.15) is 6.17 Å². The first-order valence-corrected chi connectivity index (χ1v) is 14.3. The molecule has 12 heteroatoms. The molecule has 0 radical (unpaired) electrons. The van der Waals surface area contributed by atoms with Crippen molar-refractivity contribution < 1.29 is 9.59 Å². The third-order valence-corrected chi connectivity index (χ3v) is 7.39. The van der Waals surface area contributed by atoms with Crippen molar-refractivity contribution >= 4 is 63.5 Å². The molecule has 4 N–H and O–H groups in total. The summed E-state index contributed by atoms with van der Waals surface area (Å²) in [5.41, 5.74) is 11.2. The molecule has 3 heterocycles. The number of halogens is 2. The van der Waals surface area contributed by atoms with Crippen LogP contribution in [-0.4, -0.2) is 50.8 Å². The van der Waals surface area contributed by atoms with Crippen molar-refractivity contribution in [2.24, 2.45) is 12.8 Å². The van der Waals surface area contributed by atoms with Crippen LogP contribution >= 0.6 is 23.2 Å². The molecule has 1 aliphatic heterocycles. The zero-order valence-electron chi connectivity index (χ0n) is 22.6. The van der Waals surface area contributed by atoms with Crippen LogP contribution in [0, 0.1) is 0 Å². The third kappa shape index (κ3) is 6.13. The lowest BCUT2D eigenvalue weighted by Gasteiger charge is -2.30. The smallest absolute Gasteiger partial charge is 0.250 e. The molecule has 41 heavy (non-hydrogen) atoms. The van der Waals surface area contributed by atoms with E-state index in [4.69, 9.17) is 28.9 Å². The van der Waals surface area contributed by atoms with Gasteiger partial charge in [-0.15, -0.1) is 23.2 Å². The van der Waals surface area contributed by atoms with Crippen molar-refractivity contribution in [2.45, 2.75) is 19.1 Å². The summed E-state index contributed by atoms with van der Waals surface area (Å²) in [7, 11) is 1.94. The average Bonchev–Trinajstić information content (AvgIpc) is 3.70. The van der Waals surface area contributed by atoms with Crippen LogP contribution < -0.4 is 26.2 Å². The Hall–Kier alpha value is -4.15. The second-order valence-corrected chi connectivity index (χ2v) is 10.5. The number of fused-ring (bicyclic) bond motifs is 1. The number of imidazole rings is 1. The van der Waals surface area contributed by atoms with E-state index >= 15 is 0 Å². The maximum absolute atomic E-state index is 12.7. The molecule has 4 aromatic rings. The summed E-state index contributed by atoms with van der Waals surface area (Å²) in [5.74, 6) is 0.152. The van der Waals surface area contributed by atoms with Gasteiger partial charge in [-0.3, -0.25) is 9.59 Å². The maximum Gasteiger partial charge on any atom is 0.250 e. The number of carbonyl (C=O) groups excluding carboxylic acids is 2. The third-order valence-electron chi connectivity index (χ3n) is 7.05. The van der Waals surface area contributed by atoms with Crippen molar-refractivity contribution in [3.05, 3.63) is 84.7 Å². The Bertz CT molecular complexity index is 1520. The van der Waals surface area contributed by atoms with E-state index < -0.39 is 5.91 Å². The van der Waals surface area contributed by atoms with Crippen LogP contribution in [0.2, 0.25) is 0 Å². The molecule has 1 atom stereocenters. The molecular weight excluding hydrogens is 563 g/mol. The fraction of sp³-hybridized carbons (Fsp3) is 0.276. The monoisotopic (exact) mass is 594 g/mol. The van der Waals surface area contributed by atoms with Crippen LogP contribution in [0.5, 0.6) is 0 Å². The summed E-state index contributed by atoms with van der Waals surface area (Å²) in [4.78, 5) is 33.4. The summed E-state index contributed by atoms with van der Waals surface area (Å²) in [5, 5.41) is 6.60. The highest BCUT2D eigenvalue weighted by Gasteiger charge is 2.33. The van der Waals surface area contributed by atoms with Crippen LogP contribution in [0.15, 0.2) is 73.4 Å². The number of nitrogens with one attached hydrogen (secondary N) is 2. The first-order valence-electron chi connectivity index (χ1n) is 13.3. The number of nitrogens with zero attached hydrogens (tertiary/aromatic N) is 5. The summed E-state index contributed by atoms with van der Waals surface area (Å²) in [6, 6.07) is 15.6. The number of benzene rings is 2. The number of primary amides is 1. The fourth-order valence-electron chi connectivity index (χ4n) is 5.15. The van der Waals surface area contributed by atoms with E-state index in [9.17, 15) is 9.59 Å². The van der Waals surface area contributed by atoms with Gasteiger partial charge in [-0.1, -0.05) is 12.1 Å². The van der Waals surface area contributed by atoms with E-state index in [1.165, 1.54) is 0 Å². The van der Waals surface area contributed by atoms with Gasteiger partial charge in [0.2, 0.25) is 5.91 Å².